The molecule has 25 atom stereocenters. The number of aliphatic hydroxyl groups is 8. The molecule has 362 valence electrons. The lowest BCUT2D eigenvalue weighted by molar-refractivity contribution is -0.381. The fourth-order valence-corrected chi connectivity index (χ4v) is 14.0. The number of carbonyl (C=O) groups is 1. The Morgan fingerprint density at radius 3 is 2.30 bits per heavy atom. The molecule has 9 aliphatic rings. The molecule has 5 saturated heterocycles. The zero-order valence-electron chi connectivity index (χ0n) is 37.4. The third kappa shape index (κ3) is 7.76. The van der Waals surface area contributed by atoms with E-state index in [1.54, 1.807) is 0 Å². The van der Waals surface area contributed by atoms with Crippen LogP contribution in [-0.2, 0) is 47.4 Å². The van der Waals surface area contributed by atoms with E-state index in [2.05, 4.69) is 33.4 Å². The van der Waals surface area contributed by atoms with E-state index in [1.165, 1.54) is 13.8 Å². The van der Waals surface area contributed by atoms with Crippen LogP contribution in [0, 0.1) is 40.4 Å². The van der Waals surface area contributed by atoms with Crippen LogP contribution in [0.25, 0.3) is 0 Å². The van der Waals surface area contributed by atoms with Gasteiger partial charge in [-0.05, 0) is 74.5 Å². The molecule has 0 aromatic rings. The van der Waals surface area contributed by atoms with Gasteiger partial charge in [0.05, 0.1) is 44.2 Å². The van der Waals surface area contributed by atoms with Crippen molar-refractivity contribution in [1.82, 2.24) is 0 Å². The number of aliphatic hydroxyl groups excluding tert-OH is 8. The van der Waals surface area contributed by atoms with Gasteiger partial charge in [0.25, 0.3) is 0 Å². The van der Waals surface area contributed by atoms with Crippen LogP contribution in [0.4, 0.5) is 0 Å². The highest BCUT2D eigenvalue weighted by Crippen LogP contribution is 2.71. The van der Waals surface area contributed by atoms with Crippen molar-refractivity contribution >= 4 is 5.97 Å². The molecule has 0 bridgehead atoms. The largest absolute Gasteiger partial charge is 0.457 e. The molecule has 8 fully saturated rings. The molecule has 64 heavy (non-hydrogen) atoms. The van der Waals surface area contributed by atoms with Crippen LogP contribution in [0.3, 0.4) is 0 Å². The Balaban J connectivity index is 0.956. The van der Waals surface area contributed by atoms with E-state index in [1.807, 2.05) is 0 Å². The van der Waals surface area contributed by atoms with E-state index in [0.717, 1.165) is 49.7 Å². The molecule has 5 heterocycles. The van der Waals surface area contributed by atoms with Gasteiger partial charge in [0.1, 0.15) is 54.9 Å². The molecule has 18 heteroatoms. The number of allylic oxidation sites excluding steroid dienone is 1. The lowest BCUT2D eigenvalue weighted by Gasteiger charge is -2.60. The number of hydrogen-bond donors (Lipinski definition) is 8. The van der Waals surface area contributed by atoms with Crippen molar-refractivity contribution in [2.24, 2.45) is 40.4 Å². The average Bonchev–Trinajstić information content (AvgIpc) is 3.70. The number of fused-ring (bicyclic) bond motifs is 7. The highest BCUT2D eigenvalue weighted by molar-refractivity contribution is 5.66. The molecule has 18 nitrogen and oxygen atoms in total. The first-order valence-corrected chi connectivity index (χ1v) is 23.4. The molecule has 3 unspecified atom stereocenters. The summed E-state index contributed by atoms with van der Waals surface area (Å²) in [6, 6.07) is 0. The lowest BCUT2D eigenvalue weighted by Crippen LogP contribution is -2.66. The number of ether oxygens (including phenoxy) is 9. The Morgan fingerprint density at radius 2 is 1.59 bits per heavy atom. The summed E-state index contributed by atoms with van der Waals surface area (Å²) in [4.78, 5) is 12.2. The zero-order valence-corrected chi connectivity index (χ0v) is 37.4. The van der Waals surface area contributed by atoms with Gasteiger partial charge in [-0.1, -0.05) is 44.6 Å². The van der Waals surface area contributed by atoms with Crippen molar-refractivity contribution in [1.29, 1.82) is 0 Å². The first kappa shape index (κ1) is 47.4. The second-order valence-corrected chi connectivity index (χ2v) is 20.9. The van der Waals surface area contributed by atoms with Crippen LogP contribution >= 0.6 is 0 Å². The van der Waals surface area contributed by atoms with E-state index in [9.17, 15) is 45.6 Å². The summed E-state index contributed by atoms with van der Waals surface area (Å²) >= 11 is 0. The quantitative estimate of drug-likeness (QED) is 0.120. The maximum absolute atomic E-state index is 12.2. The fourth-order valence-electron chi connectivity index (χ4n) is 14.0. The predicted octanol–water partition coefficient (Wildman–Crippen LogP) is 0.315. The minimum absolute atomic E-state index is 0.0377. The number of esters is 1. The van der Waals surface area contributed by atoms with Gasteiger partial charge in [0.15, 0.2) is 30.8 Å². The number of hydrogen-bond acceptors (Lipinski definition) is 18. The Bertz CT molecular complexity index is 1750. The van der Waals surface area contributed by atoms with Crippen molar-refractivity contribution in [3.05, 3.63) is 23.8 Å². The van der Waals surface area contributed by atoms with Crippen molar-refractivity contribution in [3.63, 3.8) is 0 Å². The lowest BCUT2D eigenvalue weighted by atomic mass is 9.46. The van der Waals surface area contributed by atoms with Crippen LogP contribution in [0.15, 0.2) is 23.8 Å². The molecule has 0 amide bonds. The summed E-state index contributed by atoms with van der Waals surface area (Å²) in [5, 5.41) is 87.1. The van der Waals surface area contributed by atoms with E-state index in [-0.39, 0.29) is 36.4 Å². The van der Waals surface area contributed by atoms with Crippen molar-refractivity contribution in [3.8, 4) is 0 Å². The maximum atomic E-state index is 12.2. The molecule has 4 aliphatic carbocycles. The third-order valence-corrected chi connectivity index (χ3v) is 17.4. The van der Waals surface area contributed by atoms with Gasteiger partial charge < -0.3 is 83.5 Å². The van der Waals surface area contributed by atoms with E-state index < -0.39 is 122 Å². The first-order chi connectivity index (χ1) is 30.3. The third-order valence-electron chi connectivity index (χ3n) is 17.4. The van der Waals surface area contributed by atoms with Gasteiger partial charge in [-0.15, -0.1) is 0 Å². The summed E-state index contributed by atoms with van der Waals surface area (Å²) in [7, 11) is 0. The zero-order chi connectivity index (χ0) is 45.8. The topological polar surface area (TPSA) is 262 Å². The van der Waals surface area contributed by atoms with E-state index >= 15 is 0 Å². The van der Waals surface area contributed by atoms with Crippen molar-refractivity contribution < 1.29 is 88.3 Å². The molecular formula is C46H70O18. The molecule has 8 N–H and O–H groups in total. The predicted molar refractivity (Wildman–Crippen MR) is 219 cm³/mol. The highest BCUT2D eigenvalue weighted by Gasteiger charge is 2.69. The summed E-state index contributed by atoms with van der Waals surface area (Å²) in [6.45, 7) is 13.4. The van der Waals surface area contributed by atoms with Gasteiger partial charge in [-0.25, -0.2) is 0 Å². The Labute approximate surface area is 373 Å². The second kappa shape index (κ2) is 17.7. The molecule has 0 radical (unpaired) electrons. The SMILES string of the molecule is C=C1CC[C@@]2(OC1)OC1C[C@H]3[C@@H]4CC=C5C[C@@H](O)C[C@@H](O[C@@H]6OC[C@H](OC(C)=O)[C@H](O)[C@H]6O[C@@H]6O[C@@H](C)[C@H](O)[C@@H](O[C@@H]7O[C@H](CO)[C@@H](O)[C@H](O)[C@H]7O)[C@H]6O)[C@]5(C)[C@H]4CC[C@]3(C)C1C2C. The molecule has 1 spiro atoms. The smallest absolute Gasteiger partial charge is 0.303 e. The van der Waals surface area contributed by atoms with Gasteiger partial charge >= 0.3 is 5.97 Å². The van der Waals surface area contributed by atoms with Crippen LogP contribution < -0.4 is 0 Å². The van der Waals surface area contributed by atoms with Crippen LogP contribution in [0.2, 0.25) is 0 Å². The molecule has 9 rings (SSSR count). The molecule has 0 aromatic carbocycles. The summed E-state index contributed by atoms with van der Waals surface area (Å²) in [6.07, 6.45) is -14.2. The maximum Gasteiger partial charge on any atom is 0.303 e. The van der Waals surface area contributed by atoms with Crippen LogP contribution in [0.1, 0.15) is 86.0 Å². The molecule has 3 saturated carbocycles. The standard InChI is InChI=1S/C46H70O18/c1-19-9-12-46(57-17-19)20(2)32-28(64-46)15-27-25-8-7-23-13-24(49)14-31(45(23,6)26(25)10-11-44(27,32)5)61-43-40(35(52)30(18-56-43)59-22(4)48)63-42-38(55)39(33(50)21(3)58-42)62-41-37(54)36(53)34(51)29(16-47)60-41/h7,20-21,24-43,47,49-55H,1,8-18H2,2-6H3/t20?,21-,24+,25+,26-,27-,28?,29+,30-,31+,32?,33-,34+,35-,36-,37+,38+,39+,40+,41-,42-,43-,44-,45-,46+/m0/s1. The summed E-state index contributed by atoms with van der Waals surface area (Å²) in [5.41, 5.74) is 1.72. The number of carbonyl (C=O) groups excluding carboxylic acids is 1. The van der Waals surface area contributed by atoms with Crippen LogP contribution in [-0.4, -0.2) is 177 Å². The Kier molecular flexibility index (Phi) is 13.1. The van der Waals surface area contributed by atoms with Gasteiger partial charge in [-0.2, -0.15) is 0 Å². The minimum atomic E-state index is -1.83. The second-order valence-electron chi connectivity index (χ2n) is 20.9. The van der Waals surface area contributed by atoms with E-state index in [4.69, 9.17) is 42.6 Å². The fraction of sp³-hybridized carbons (Fsp3) is 0.891. The monoisotopic (exact) mass is 910 g/mol. The van der Waals surface area contributed by atoms with Crippen LogP contribution in [0.5, 0.6) is 0 Å². The molecule has 0 aromatic heterocycles. The highest BCUT2D eigenvalue weighted by atomic mass is 16.8. The molecule has 5 aliphatic heterocycles. The normalized spacial score (nSPS) is 55.0. The van der Waals surface area contributed by atoms with Gasteiger partial charge in [0, 0.05) is 31.1 Å². The average molecular weight is 911 g/mol. The minimum Gasteiger partial charge on any atom is -0.457 e. The van der Waals surface area contributed by atoms with Gasteiger partial charge in [-0.3, -0.25) is 4.79 Å². The Hall–Kier alpha value is -1.69. The summed E-state index contributed by atoms with van der Waals surface area (Å²) < 4.78 is 55.7. The molecular weight excluding hydrogens is 840 g/mol. The van der Waals surface area contributed by atoms with E-state index in [0.29, 0.717) is 30.8 Å². The first-order valence-electron chi connectivity index (χ1n) is 23.4. The number of rotatable bonds is 8. The Morgan fingerprint density at radius 1 is 0.859 bits per heavy atom. The van der Waals surface area contributed by atoms with Crippen molar-refractivity contribution in [2.75, 3.05) is 19.8 Å². The van der Waals surface area contributed by atoms with Crippen molar-refractivity contribution in [2.45, 2.75) is 196 Å². The van der Waals surface area contributed by atoms with Gasteiger partial charge in [0.2, 0.25) is 0 Å². The summed E-state index contributed by atoms with van der Waals surface area (Å²) in [5.74, 6) is 0.227.